The molecule has 330 valence electrons. The number of carboxylic acid groups (broad SMARTS) is 2. The number of aromatic amines is 2. The number of nitrogens with one attached hydrogen (secondary N) is 4. The van der Waals surface area contributed by atoms with Gasteiger partial charge in [-0.25, -0.2) is 19.6 Å². The maximum absolute atomic E-state index is 13.5. The van der Waals surface area contributed by atoms with E-state index >= 15 is 0 Å². The summed E-state index contributed by atoms with van der Waals surface area (Å²) >= 11 is 0. The van der Waals surface area contributed by atoms with Crippen molar-refractivity contribution in [2.24, 2.45) is 0 Å². The second kappa shape index (κ2) is 19.5. The molecule has 0 saturated heterocycles. The third-order valence-electron chi connectivity index (χ3n) is 12.5. The van der Waals surface area contributed by atoms with Gasteiger partial charge < -0.3 is 30.8 Å². The number of carboxylic acids is 2. The second-order valence-electron chi connectivity index (χ2n) is 16.7. The number of benzene rings is 2. The van der Waals surface area contributed by atoms with Crippen molar-refractivity contribution in [2.45, 2.75) is 105 Å². The number of fused-ring (bicyclic) bond motifs is 8. The van der Waals surface area contributed by atoms with E-state index in [9.17, 15) is 29.4 Å². The van der Waals surface area contributed by atoms with Crippen LogP contribution in [0.4, 0.5) is 0 Å². The van der Waals surface area contributed by atoms with Gasteiger partial charge in [0.2, 0.25) is 11.8 Å². The zero-order chi connectivity index (χ0) is 45.7. The molecule has 12 heteroatoms. The number of carbonyl (C=O) groups excluding carboxylic acids is 2. The fourth-order valence-electron chi connectivity index (χ4n) is 8.87. The highest BCUT2D eigenvalue weighted by molar-refractivity contribution is 5.97. The first kappa shape index (κ1) is 45.0. The van der Waals surface area contributed by atoms with E-state index in [1.54, 1.807) is 0 Å². The molecule has 7 rings (SSSR count). The summed E-state index contributed by atoms with van der Waals surface area (Å²) in [6, 6.07) is 24.4. The number of hydrogen-bond donors (Lipinski definition) is 6. The number of nitrogens with zero attached hydrogens (tertiary/aromatic N) is 2. The molecule has 2 atom stereocenters. The summed E-state index contributed by atoms with van der Waals surface area (Å²) in [5.74, 6) is -3.00. The van der Waals surface area contributed by atoms with Crippen LogP contribution in [-0.2, 0) is 44.9 Å². The lowest BCUT2D eigenvalue weighted by molar-refractivity contribution is -0.142. The highest BCUT2D eigenvalue weighted by Crippen LogP contribution is 2.38. The van der Waals surface area contributed by atoms with E-state index in [0.29, 0.717) is 11.4 Å². The van der Waals surface area contributed by atoms with Crippen LogP contribution in [0.1, 0.15) is 110 Å². The SMILES string of the molecule is CCc1c(C)c2cc3[nH]c(cc4nc(cc5nc(cc1[nH]2)C(C)=C5CCC(=O)NC(Cc1ccccc1)C(=O)O)C(CCC(=O)NC(Cc1ccccc1)C(=O)O)=C4C)c(C)c3CC. The van der Waals surface area contributed by atoms with Gasteiger partial charge in [-0.3, -0.25) is 9.59 Å². The van der Waals surface area contributed by atoms with Gasteiger partial charge in [0.25, 0.3) is 0 Å². The van der Waals surface area contributed by atoms with E-state index in [0.717, 1.165) is 90.8 Å². The number of hydrogen-bond acceptors (Lipinski definition) is 6. The van der Waals surface area contributed by atoms with Crippen LogP contribution in [0.25, 0.3) is 44.4 Å². The summed E-state index contributed by atoms with van der Waals surface area (Å²) in [6.07, 6.45) is 2.52. The number of aliphatic carboxylic acids is 2. The van der Waals surface area contributed by atoms with E-state index in [1.807, 2.05) is 86.6 Å². The Morgan fingerprint density at radius 3 is 1.34 bits per heavy atom. The molecule has 0 fully saturated rings. The third kappa shape index (κ3) is 9.91. The smallest absolute Gasteiger partial charge is 0.326 e. The number of allylic oxidation sites excluding steroid dienone is 4. The van der Waals surface area contributed by atoms with E-state index in [1.165, 1.54) is 11.1 Å². The van der Waals surface area contributed by atoms with Gasteiger partial charge in [-0.05, 0) is 133 Å². The van der Waals surface area contributed by atoms with Gasteiger partial charge in [0, 0.05) is 47.8 Å². The van der Waals surface area contributed by atoms with Crippen molar-refractivity contribution in [3.63, 3.8) is 0 Å². The predicted molar refractivity (Wildman–Crippen MR) is 252 cm³/mol. The molecule has 2 unspecified atom stereocenters. The van der Waals surface area contributed by atoms with Crippen LogP contribution in [0.5, 0.6) is 0 Å². The average Bonchev–Trinajstić information content (AvgIpc) is 3.94. The molecule has 5 aromatic rings. The van der Waals surface area contributed by atoms with Gasteiger partial charge in [0.05, 0.1) is 22.8 Å². The Hall–Kier alpha value is -7.08. The van der Waals surface area contributed by atoms with E-state index in [2.05, 4.69) is 60.4 Å². The monoisotopic (exact) mass is 860 g/mol. The Labute approximate surface area is 373 Å². The Bertz CT molecular complexity index is 2850. The molecule has 2 aliphatic heterocycles. The van der Waals surface area contributed by atoms with Crippen molar-refractivity contribution in [3.05, 3.63) is 141 Å². The Morgan fingerprint density at radius 1 is 0.547 bits per heavy atom. The van der Waals surface area contributed by atoms with Crippen molar-refractivity contribution in [2.75, 3.05) is 0 Å². The summed E-state index contributed by atoms with van der Waals surface area (Å²) in [5, 5.41) is 25.5. The second-order valence-corrected chi connectivity index (χ2v) is 16.7. The summed E-state index contributed by atoms with van der Waals surface area (Å²) in [7, 11) is 0. The van der Waals surface area contributed by atoms with Gasteiger partial charge in [0.15, 0.2) is 0 Å². The van der Waals surface area contributed by atoms with Crippen LogP contribution in [0.3, 0.4) is 0 Å². The molecular weight excluding hydrogens is 805 g/mol. The fraction of sp³-hybridized carbons (Fsp3) is 0.308. The quantitative estimate of drug-likeness (QED) is 0.0566. The molecule has 64 heavy (non-hydrogen) atoms. The predicted octanol–water partition coefficient (Wildman–Crippen LogP) is 9.10. The van der Waals surface area contributed by atoms with Crippen LogP contribution >= 0.6 is 0 Å². The van der Waals surface area contributed by atoms with Crippen molar-refractivity contribution in [1.29, 1.82) is 0 Å². The molecule has 2 aliphatic rings. The topological polar surface area (TPSA) is 190 Å². The van der Waals surface area contributed by atoms with Gasteiger partial charge in [0.1, 0.15) is 12.1 Å². The van der Waals surface area contributed by atoms with Gasteiger partial charge in [-0.15, -0.1) is 0 Å². The molecular formula is C52H56N6O6. The zero-order valence-corrected chi connectivity index (χ0v) is 37.3. The number of rotatable bonds is 16. The third-order valence-corrected chi connectivity index (χ3v) is 12.5. The van der Waals surface area contributed by atoms with Crippen LogP contribution in [-0.4, -0.2) is 66.0 Å². The minimum atomic E-state index is -1.11. The van der Waals surface area contributed by atoms with E-state index in [4.69, 9.17) is 9.97 Å². The number of amides is 2. The fourth-order valence-corrected chi connectivity index (χ4v) is 8.87. The molecule has 0 radical (unpaired) electrons. The standard InChI is InChI=1S/C52H56N6O6/c1-7-35-29(3)39-25-40-31(5)37(19-21-49(59)57-47(51(61)62)23-33-15-11-9-12-16-33)45(55-40)28-46-38(20-22-50(60)58-48(52(63)64)24-34-17-13-10-14-18-34)32(6)42(56-46)27-44-36(8-2)30(4)41(54-44)26-43(35)53-39/h9-18,25-28,47-48,53-54H,7-8,19-24H2,1-6H3,(H,57,59)(H,58,60)(H,61,62)(H,63,64). The highest BCUT2D eigenvalue weighted by Gasteiger charge is 2.26. The molecule has 2 amide bonds. The Morgan fingerprint density at radius 2 is 0.938 bits per heavy atom. The molecule has 8 bridgehead atoms. The largest absolute Gasteiger partial charge is 0.480 e. The molecule has 0 saturated carbocycles. The lowest BCUT2D eigenvalue weighted by atomic mass is 9.97. The van der Waals surface area contributed by atoms with Crippen molar-refractivity contribution in [1.82, 2.24) is 30.6 Å². The normalized spacial score (nSPS) is 13.5. The van der Waals surface area contributed by atoms with Crippen molar-refractivity contribution in [3.8, 4) is 0 Å². The van der Waals surface area contributed by atoms with Gasteiger partial charge in [-0.2, -0.15) is 0 Å². The molecule has 0 aliphatic carbocycles. The highest BCUT2D eigenvalue weighted by atomic mass is 16.4. The lowest BCUT2D eigenvalue weighted by Gasteiger charge is -2.15. The van der Waals surface area contributed by atoms with Crippen LogP contribution < -0.4 is 10.6 Å². The summed E-state index contributed by atoms with van der Waals surface area (Å²) in [6.45, 7) is 12.5. The van der Waals surface area contributed by atoms with E-state index < -0.39 is 35.8 Å². The van der Waals surface area contributed by atoms with Crippen LogP contribution in [0.2, 0.25) is 0 Å². The first-order valence-corrected chi connectivity index (χ1v) is 22.0. The van der Waals surface area contributed by atoms with Crippen molar-refractivity contribution < 1.29 is 29.4 Å². The maximum Gasteiger partial charge on any atom is 0.326 e. The first-order valence-electron chi connectivity index (χ1n) is 22.0. The minimum absolute atomic E-state index is 0.0212. The Balaban J connectivity index is 1.30. The Kier molecular flexibility index (Phi) is 13.7. The first-order chi connectivity index (χ1) is 30.7. The molecule has 12 nitrogen and oxygen atoms in total. The number of H-pyrrole nitrogens is 2. The lowest BCUT2D eigenvalue weighted by Crippen LogP contribution is -2.42. The summed E-state index contributed by atoms with van der Waals surface area (Å²) in [5.41, 5.74) is 16.2. The molecule has 2 aromatic carbocycles. The maximum atomic E-state index is 13.5. The van der Waals surface area contributed by atoms with Gasteiger partial charge in [-0.1, -0.05) is 74.5 Å². The number of carbonyl (C=O) groups is 4. The molecule has 0 spiro atoms. The minimum Gasteiger partial charge on any atom is -0.480 e. The molecule has 6 N–H and O–H groups in total. The zero-order valence-electron chi connectivity index (χ0n) is 37.3. The summed E-state index contributed by atoms with van der Waals surface area (Å²) in [4.78, 5) is 69.2. The van der Waals surface area contributed by atoms with Crippen LogP contribution in [0.15, 0.2) is 84.9 Å². The van der Waals surface area contributed by atoms with Crippen LogP contribution in [0, 0.1) is 13.8 Å². The van der Waals surface area contributed by atoms with E-state index in [-0.39, 0.29) is 38.5 Å². The number of aryl methyl sites for hydroxylation is 4. The average molecular weight is 861 g/mol. The van der Waals surface area contributed by atoms with Gasteiger partial charge >= 0.3 is 11.9 Å². The number of aromatic nitrogens is 4. The molecule has 3 aromatic heterocycles. The summed E-state index contributed by atoms with van der Waals surface area (Å²) < 4.78 is 0. The molecule has 5 heterocycles. The van der Waals surface area contributed by atoms with Crippen molar-refractivity contribution >= 4 is 68.1 Å².